The largest absolute Gasteiger partial charge is 0.339 e. The topological polar surface area (TPSA) is 95.6 Å². The summed E-state index contributed by atoms with van der Waals surface area (Å²) in [7, 11) is 1.93. The minimum atomic E-state index is -0.532. The highest BCUT2D eigenvalue weighted by atomic mass is 16.2. The van der Waals surface area contributed by atoms with Crippen molar-refractivity contribution in [3.63, 3.8) is 0 Å². The van der Waals surface area contributed by atoms with E-state index >= 15 is 0 Å². The molecular weight excluding hydrogens is 376 g/mol. The number of carbonyl (C=O) groups excluding carboxylic acids is 1. The zero-order valence-corrected chi connectivity index (χ0v) is 16.9. The number of fused-ring (bicyclic) bond motifs is 3. The van der Waals surface area contributed by atoms with E-state index in [1.807, 2.05) is 48.1 Å². The van der Waals surface area contributed by atoms with Crippen molar-refractivity contribution >= 4 is 17.1 Å². The molecule has 0 radical (unpaired) electrons. The Hall–Kier alpha value is -3.24. The van der Waals surface area contributed by atoms with Gasteiger partial charge in [0, 0.05) is 31.3 Å². The molecule has 3 heterocycles. The maximum absolute atomic E-state index is 12.6. The van der Waals surface area contributed by atoms with Crippen molar-refractivity contribution < 1.29 is 4.79 Å². The summed E-state index contributed by atoms with van der Waals surface area (Å²) in [5, 5.41) is 15.9. The van der Waals surface area contributed by atoms with Crippen LogP contribution in [0.5, 0.6) is 0 Å². The number of piperidine rings is 1. The Morgan fingerprint density at radius 2 is 2.13 bits per heavy atom. The molecule has 2 aliphatic rings. The average molecular weight is 400 g/mol. The first kappa shape index (κ1) is 18.8. The molecule has 1 amide bonds. The molecule has 2 N–H and O–H groups in total. The van der Waals surface area contributed by atoms with Crippen LogP contribution in [-0.2, 0) is 18.3 Å². The van der Waals surface area contributed by atoms with Crippen LogP contribution in [0.25, 0.3) is 22.3 Å². The molecule has 152 valence electrons. The fourth-order valence-electron chi connectivity index (χ4n) is 4.78. The van der Waals surface area contributed by atoms with Gasteiger partial charge in [0.25, 0.3) is 0 Å². The number of hydrogen-bond donors (Lipinski definition) is 2. The van der Waals surface area contributed by atoms with E-state index in [9.17, 15) is 10.1 Å². The third kappa shape index (κ3) is 3.44. The SMILES string of the molecule is Cn1cnc2cc(-c3ccc(C[C@@H](C#N)NC(=O)C4NC5CCC4C5)cc3)cnc21. The summed E-state index contributed by atoms with van der Waals surface area (Å²) in [6, 6.07) is 12.1. The fourth-order valence-corrected chi connectivity index (χ4v) is 4.78. The number of benzene rings is 1. The number of amides is 1. The van der Waals surface area contributed by atoms with Gasteiger partial charge in [-0.15, -0.1) is 0 Å². The maximum atomic E-state index is 12.6. The summed E-state index contributed by atoms with van der Waals surface area (Å²) >= 11 is 0. The fraction of sp³-hybridized carbons (Fsp3) is 0.391. The molecule has 1 saturated heterocycles. The lowest BCUT2D eigenvalue weighted by Gasteiger charge is -2.23. The first-order valence-corrected chi connectivity index (χ1v) is 10.4. The first-order valence-electron chi connectivity index (χ1n) is 10.4. The van der Waals surface area contributed by atoms with Crippen LogP contribution in [0.1, 0.15) is 24.8 Å². The van der Waals surface area contributed by atoms with Crippen LogP contribution in [0.3, 0.4) is 0 Å². The number of nitriles is 1. The lowest BCUT2D eigenvalue weighted by Crippen LogP contribution is -2.50. The van der Waals surface area contributed by atoms with E-state index in [2.05, 4.69) is 26.7 Å². The van der Waals surface area contributed by atoms with E-state index in [0.717, 1.165) is 47.1 Å². The van der Waals surface area contributed by atoms with Crippen molar-refractivity contribution in [2.45, 2.75) is 43.8 Å². The zero-order valence-electron chi connectivity index (χ0n) is 16.9. The summed E-state index contributed by atoms with van der Waals surface area (Å²) in [6.45, 7) is 0. The number of imidazole rings is 1. The van der Waals surface area contributed by atoms with E-state index in [1.54, 1.807) is 6.33 Å². The van der Waals surface area contributed by atoms with Crippen molar-refractivity contribution in [2.24, 2.45) is 13.0 Å². The van der Waals surface area contributed by atoms with Gasteiger partial charge in [-0.25, -0.2) is 9.97 Å². The van der Waals surface area contributed by atoms with Crippen molar-refractivity contribution in [1.29, 1.82) is 5.26 Å². The first-order chi connectivity index (χ1) is 14.6. The molecule has 0 spiro atoms. The van der Waals surface area contributed by atoms with Crippen LogP contribution in [0.2, 0.25) is 0 Å². The average Bonchev–Trinajstić information content (AvgIpc) is 3.50. The number of rotatable bonds is 5. The minimum absolute atomic E-state index is 0.0416. The summed E-state index contributed by atoms with van der Waals surface area (Å²) in [5.74, 6) is 0.374. The number of aryl methyl sites for hydroxylation is 1. The predicted octanol–water partition coefficient (Wildman–Crippen LogP) is 2.33. The maximum Gasteiger partial charge on any atom is 0.238 e. The molecule has 4 atom stereocenters. The standard InChI is InChI=1S/C23H24N6O/c1-29-13-26-20-10-17(12-25-22(20)29)15-4-2-14(3-5-15)8-19(11-24)28-23(30)21-16-6-7-18(9-16)27-21/h2-5,10,12-13,16,18-19,21,27H,6-9H2,1H3,(H,28,30)/t16?,18?,19-,21?/m0/s1. The predicted molar refractivity (Wildman–Crippen MR) is 113 cm³/mol. The van der Waals surface area contributed by atoms with Crippen LogP contribution >= 0.6 is 0 Å². The van der Waals surface area contributed by atoms with Gasteiger partial charge >= 0.3 is 0 Å². The lowest BCUT2D eigenvalue weighted by atomic mass is 9.98. The molecular formula is C23H24N6O. The van der Waals surface area contributed by atoms with E-state index < -0.39 is 6.04 Å². The summed E-state index contributed by atoms with van der Waals surface area (Å²) < 4.78 is 1.89. The lowest BCUT2D eigenvalue weighted by molar-refractivity contribution is -0.124. The number of hydrogen-bond acceptors (Lipinski definition) is 5. The molecule has 5 rings (SSSR count). The quantitative estimate of drug-likeness (QED) is 0.685. The van der Waals surface area contributed by atoms with E-state index in [4.69, 9.17) is 0 Å². The normalized spacial score (nSPS) is 23.4. The monoisotopic (exact) mass is 400 g/mol. The molecule has 2 aromatic heterocycles. The summed E-state index contributed by atoms with van der Waals surface area (Å²) in [6.07, 6.45) is 7.43. The molecule has 1 aliphatic carbocycles. The Bertz CT molecular complexity index is 1130. The second-order valence-electron chi connectivity index (χ2n) is 8.43. The Kier molecular flexibility index (Phi) is 4.72. The molecule has 3 aromatic rings. The summed E-state index contributed by atoms with van der Waals surface area (Å²) in [4.78, 5) is 21.5. The Morgan fingerprint density at radius 3 is 2.83 bits per heavy atom. The third-order valence-corrected chi connectivity index (χ3v) is 6.39. The molecule has 7 heteroatoms. The Balaban J connectivity index is 1.25. The van der Waals surface area contributed by atoms with Gasteiger partial charge in [-0.05, 0) is 42.4 Å². The number of aromatic nitrogens is 3. The van der Waals surface area contributed by atoms with Crippen LogP contribution in [0, 0.1) is 17.2 Å². The minimum Gasteiger partial charge on any atom is -0.339 e. The Morgan fingerprint density at radius 1 is 1.30 bits per heavy atom. The second kappa shape index (κ2) is 7.54. The van der Waals surface area contributed by atoms with Gasteiger partial charge < -0.3 is 15.2 Å². The van der Waals surface area contributed by atoms with E-state index in [0.29, 0.717) is 18.4 Å². The second-order valence-corrected chi connectivity index (χ2v) is 8.43. The van der Waals surface area contributed by atoms with Gasteiger partial charge in [-0.2, -0.15) is 5.26 Å². The number of nitrogens with zero attached hydrogens (tertiary/aromatic N) is 4. The molecule has 3 unspecified atom stereocenters. The molecule has 2 bridgehead atoms. The van der Waals surface area contributed by atoms with Gasteiger partial charge in [-0.3, -0.25) is 4.79 Å². The van der Waals surface area contributed by atoms with Crippen LogP contribution in [-0.4, -0.2) is 38.6 Å². The van der Waals surface area contributed by atoms with E-state index in [1.165, 1.54) is 0 Å². The van der Waals surface area contributed by atoms with Crippen molar-refractivity contribution in [3.05, 3.63) is 48.4 Å². The van der Waals surface area contributed by atoms with Crippen LogP contribution < -0.4 is 10.6 Å². The van der Waals surface area contributed by atoms with Crippen molar-refractivity contribution in [3.8, 4) is 17.2 Å². The molecule has 1 aromatic carbocycles. The summed E-state index contributed by atoms with van der Waals surface area (Å²) in [5.41, 5.74) is 4.77. The number of nitrogens with one attached hydrogen (secondary N) is 2. The third-order valence-electron chi connectivity index (χ3n) is 6.39. The molecule has 30 heavy (non-hydrogen) atoms. The highest BCUT2D eigenvalue weighted by Gasteiger charge is 2.43. The smallest absolute Gasteiger partial charge is 0.238 e. The number of pyridine rings is 1. The van der Waals surface area contributed by atoms with Crippen LogP contribution in [0.4, 0.5) is 0 Å². The highest BCUT2D eigenvalue weighted by molar-refractivity contribution is 5.83. The zero-order chi connectivity index (χ0) is 20.7. The van der Waals surface area contributed by atoms with Gasteiger partial charge in [-0.1, -0.05) is 24.3 Å². The van der Waals surface area contributed by atoms with Gasteiger partial charge in [0.05, 0.1) is 18.4 Å². The number of carbonyl (C=O) groups is 1. The molecule has 1 aliphatic heterocycles. The van der Waals surface area contributed by atoms with Crippen molar-refractivity contribution in [2.75, 3.05) is 0 Å². The molecule has 2 fully saturated rings. The van der Waals surface area contributed by atoms with E-state index in [-0.39, 0.29) is 11.9 Å². The molecule has 1 saturated carbocycles. The Labute approximate surface area is 175 Å². The van der Waals surface area contributed by atoms with Gasteiger partial charge in [0.2, 0.25) is 5.91 Å². The van der Waals surface area contributed by atoms with Crippen LogP contribution in [0.15, 0.2) is 42.9 Å². The highest BCUT2D eigenvalue weighted by Crippen LogP contribution is 2.35. The van der Waals surface area contributed by atoms with Gasteiger partial charge in [0.1, 0.15) is 11.6 Å². The van der Waals surface area contributed by atoms with Gasteiger partial charge in [0.15, 0.2) is 5.65 Å². The molecule has 7 nitrogen and oxygen atoms in total. The van der Waals surface area contributed by atoms with Crippen molar-refractivity contribution in [1.82, 2.24) is 25.2 Å².